The van der Waals surface area contributed by atoms with Gasteiger partial charge in [0, 0.05) is 32.7 Å². The van der Waals surface area contributed by atoms with E-state index in [1.54, 1.807) is 6.07 Å². The van der Waals surface area contributed by atoms with Crippen LogP contribution in [0.2, 0.25) is 0 Å². The highest BCUT2D eigenvalue weighted by Gasteiger charge is 2.18. The van der Waals surface area contributed by atoms with Crippen LogP contribution in [-0.4, -0.2) is 60.1 Å². The van der Waals surface area contributed by atoms with Gasteiger partial charge in [-0.15, -0.1) is 0 Å². The maximum absolute atomic E-state index is 13.5. The van der Waals surface area contributed by atoms with Crippen LogP contribution in [0.3, 0.4) is 0 Å². The van der Waals surface area contributed by atoms with E-state index in [0.717, 1.165) is 38.3 Å². The number of rotatable bonds is 5. The zero-order chi connectivity index (χ0) is 13.7. The van der Waals surface area contributed by atoms with E-state index in [1.807, 2.05) is 17.0 Å². The number of aliphatic carboxylic acids is 1. The number of carboxylic acid groups (broad SMARTS) is 1. The fourth-order valence-corrected chi connectivity index (χ4v) is 2.34. The molecule has 1 heterocycles. The molecule has 0 amide bonds. The van der Waals surface area contributed by atoms with E-state index in [9.17, 15) is 9.18 Å². The summed E-state index contributed by atoms with van der Waals surface area (Å²) in [6.45, 7) is 4.17. The normalized spacial score (nSPS) is 17.5. The molecule has 0 saturated carbocycles. The number of carbonyl (C=O) groups is 1. The molecule has 104 valence electrons. The second kappa shape index (κ2) is 6.63. The lowest BCUT2D eigenvalue weighted by Crippen LogP contribution is -2.48. The topological polar surface area (TPSA) is 43.8 Å². The van der Waals surface area contributed by atoms with Crippen LogP contribution < -0.4 is 0 Å². The van der Waals surface area contributed by atoms with Gasteiger partial charge in [0.25, 0.3) is 0 Å². The van der Waals surface area contributed by atoms with Gasteiger partial charge in [0.15, 0.2) is 0 Å². The molecule has 1 saturated heterocycles. The summed E-state index contributed by atoms with van der Waals surface area (Å²) in [5.74, 6) is -0.924. The van der Waals surface area contributed by atoms with Crippen LogP contribution in [0, 0.1) is 5.82 Å². The lowest BCUT2D eigenvalue weighted by Gasteiger charge is -2.33. The average Bonchev–Trinajstić information content (AvgIpc) is 2.39. The quantitative estimate of drug-likeness (QED) is 0.866. The Balaban J connectivity index is 1.74. The number of hydrogen-bond donors (Lipinski definition) is 1. The van der Waals surface area contributed by atoms with Crippen molar-refractivity contribution in [3.05, 3.63) is 35.6 Å². The number of benzene rings is 1. The highest BCUT2D eigenvalue weighted by atomic mass is 19.1. The van der Waals surface area contributed by atoms with Gasteiger partial charge in [-0.25, -0.2) is 4.39 Å². The highest BCUT2D eigenvalue weighted by Crippen LogP contribution is 2.09. The fourth-order valence-electron chi connectivity index (χ4n) is 2.34. The smallest absolute Gasteiger partial charge is 0.317 e. The molecule has 0 bridgehead atoms. The standard InChI is InChI=1S/C14H19FN2O2/c15-13-4-2-1-3-12(13)5-6-16-7-9-17(10-8-16)11-14(18)19/h1-4H,5-11H2,(H,18,19). The second-order valence-corrected chi connectivity index (χ2v) is 4.85. The van der Waals surface area contributed by atoms with Crippen molar-refractivity contribution in [3.8, 4) is 0 Å². The molecule has 1 N–H and O–H groups in total. The van der Waals surface area contributed by atoms with Gasteiger partial charge in [-0.3, -0.25) is 9.69 Å². The van der Waals surface area contributed by atoms with Crippen molar-refractivity contribution in [2.45, 2.75) is 6.42 Å². The first-order valence-electron chi connectivity index (χ1n) is 6.55. The van der Waals surface area contributed by atoms with Crippen LogP contribution in [0.5, 0.6) is 0 Å². The van der Waals surface area contributed by atoms with Crippen molar-refractivity contribution < 1.29 is 14.3 Å². The first kappa shape index (κ1) is 14.0. The molecule has 1 aromatic rings. The fraction of sp³-hybridized carbons (Fsp3) is 0.500. The molecule has 4 nitrogen and oxygen atoms in total. The molecule has 2 rings (SSSR count). The Morgan fingerprint density at radius 2 is 1.79 bits per heavy atom. The van der Waals surface area contributed by atoms with E-state index >= 15 is 0 Å². The van der Waals surface area contributed by atoms with E-state index in [4.69, 9.17) is 5.11 Å². The average molecular weight is 266 g/mol. The first-order valence-corrected chi connectivity index (χ1v) is 6.55. The van der Waals surface area contributed by atoms with Crippen molar-refractivity contribution >= 4 is 5.97 Å². The van der Waals surface area contributed by atoms with Gasteiger partial charge in [-0.05, 0) is 18.1 Å². The highest BCUT2D eigenvalue weighted by molar-refractivity contribution is 5.69. The Morgan fingerprint density at radius 3 is 2.42 bits per heavy atom. The van der Waals surface area contributed by atoms with Crippen molar-refractivity contribution in [1.29, 1.82) is 0 Å². The van der Waals surface area contributed by atoms with Crippen LogP contribution in [0.15, 0.2) is 24.3 Å². The number of hydrogen-bond acceptors (Lipinski definition) is 3. The Hall–Kier alpha value is -1.46. The van der Waals surface area contributed by atoms with Gasteiger partial charge in [-0.1, -0.05) is 18.2 Å². The van der Waals surface area contributed by atoms with Crippen LogP contribution in [0.4, 0.5) is 4.39 Å². The molecule has 1 aliphatic heterocycles. The van der Waals surface area contributed by atoms with Gasteiger partial charge in [0.1, 0.15) is 5.82 Å². The van der Waals surface area contributed by atoms with Gasteiger partial charge >= 0.3 is 5.97 Å². The van der Waals surface area contributed by atoms with Crippen molar-refractivity contribution in [1.82, 2.24) is 9.80 Å². The molecule has 1 fully saturated rings. The SMILES string of the molecule is O=C(O)CN1CCN(CCc2ccccc2F)CC1. The third-order valence-corrected chi connectivity index (χ3v) is 3.48. The number of carboxylic acids is 1. The molecular formula is C14H19FN2O2. The third kappa shape index (κ3) is 4.29. The summed E-state index contributed by atoms with van der Waals surface area (Å²) in [4.78, 5) is 14.8. The molecule has 5 heteroatoms. The number of halogens is 1. The van der Waals surface area contributed by atoms with Gasteiger partial charge in [0.2, 0.25) is 0 Å². The Morgan fingerprint density at radius 1 is 1.16 bits per heavy atom. The Bertz CT molecular complexity index is 431. The molecule has 0 aromatic heterocycles. The van der Waals surface area contributed by atoms with Crippen molar-refractivity contribution in [2.75, 3.05) is 39.3 Å². The molecular weight excluding hydrogens is 247 g/mol. The zero-order valence-electron chi connectivity index (χ0n) is 10.9. The van der Waals surface area contributed by atoms with Crippen LogP contribution in [0.25, 0.3) is 0 Å². The minimum atomic E-state index is -0.778. The predicted molar refractivity (Wildman–Crippen MR) is 70.6 cm³/mol. The van der Waals surface area contributed by atoms with E-state index in [1.165, 1.54) is 6.07 Å². The molecule has 0 unspecified atom stereocenters. The van der Waals surface area contributed by atoms with Gasteiger partial charge in [0.05, 0.1) is 6.54 Å². The van der Waals surface area contributed by atoms with Crippen molar-refractivity contribution in [2.24, 2.45) is 0 Å². The molecule has 19 heavy (non-hydrogen) atoms. The lowest BCUT2D eigenvalue weighted by atomic mass is 10.1. The van der Waals surface area contributed by atoms with Gasteiger partial charge < -0.3 is 10.0 Å². The number of nitrogens with zero attached hydrogens (tertiary/aromatic N) is 2. The maximum Gasteiger partial charge on any atom is 0.317 e. The summed E-state index contributed by atoms with van der Waals surface area (Å²) in [5, 5.41) is 8.72. The molecule has 0 spiro atoms. The summed E-state index contributed by atoms with van der Waals surface area (Å²) in [5.41, 5.74) is 0.746. The van der Waals surface area contributed by atoms with Crippen LogP contribution >= 0.6 is 0 Å². The predicted octanol–water partition coefficient (Wildman–Crippen LogP) is 1.07. The summed E-state index contributed by atoms with van der Waals surface area (Å²) in [7, 11) is 0. The Labute approximate surface area is 112 Å². The van der Waals surface area contributed by atoms with E-state index < -0.39 is 5.97 Å². The summed E-state index contributed by atoms with van der Waals surface area (Å²) in [6.07, 6.45) is 0.700. The van der Waals surface area contributed by atoms with E-state index in [-0.39, 0.29) is 12.4 Å². The summed E-state index contributed by atoms with van der Waals surface area (Å²) < 4.78 is 13.5. The van der Waals surface area contributed by atoms with E-state index in [2.05, 4.69) is 4.90 Å². The molecule has 0 aliphatic carbocycles. The molecule has 0 radical (unpaired) electrons. The maximum atomic E-state index is 13.5. The number of piperazine rings is 1. The lowest BCUT2D eigenvalue weighted by molar-refractivity contribution is -0.138. The van der Waals surface area contributed by atoms with Gasteiger partial charge in [-0.2, -0.15) is 0 Å². The first-order chi connectivity index (χ1) is 9.15. The van der Waals surface area contributed by atoms with E-state index in [0.29, 0.717) is 6.42 Å². The molecule has 1 aromatic carbocycles. The third-order valence-electron chi connectivity index (χ3n) is 3.48. The second-order valence-electron chi connectivity index (χ2n) is 4.85. The summed E-state index contributed by atoms with van der Waals surface area (Å²) >= 11 is 0. The van der Waals surface area contributed by atoms with Crippen LogP contribution in [-0.2, 0) is 11.2 Å². The molecule has 1 aliphatic rings. The monoisotopic (exact) mass is 266 g/mol. The Kier molecular flexibility index (Phi) is 4.87. The molecule has 0 atom stereocenters. The minimum absolute atomic E-state index is 0.112. The summed E-state index contributed by atoms with van der Waals surface area (Å²) in [6, 6.07) is 6.85. The minimum Gasteiger partial charge on any atom is -0.480 e. The zero-order valence-corrected chi connectivity index (χ0v) is 10.9. The van der Waals surface area contributed by atoms with Crippen LogP contribution in [0.1, 0.15) is 5.56 Å². The van der Waals surface area contributed by atoms with Crippen molar-refractivity contribution in [3.63, 3.8) is 0 Å². The largest absolute Gasteiger partial charge is 0.480 e.